The summed E-state index contributed by atoms with van der Waals surface area (Å²) in [5.74, 6) is -1.09. The van der Waals surface area contributed by atoms with Crippen molar-refractivity contribution in [2.24, 2.45) is 5.92 Å². The Bertz CT molecular complexity index is 864. The average Bonchev–Trinajstić information content (AvgIpc) is 3.05. The second kappa shape index (κ2) is 8.56. The third kappa shape index (κ3) is 4.59. The van der Waals surface area contributed by atoms with E-state index in [-0.39, 0.29) is 35.0 Å². The number of rotatable bonds is 6. The summed E-state index contributed by atoms with van der Waals surface area (Å²) in [6.07, 6.45) is 0.114. The molecule has 1 aliphatic heterocycles. The van der Waals surface area contributed by atoms with Crippen LogP contribution < -0.4 is 10.1 Å². The zero-order valence-electron chi connectivity index (χ0n) is 15.1. The molecule has 28 heavy (non-hydrogen) atoms. The summed E-state index contributed by atoms with van der Waals surface area (Å²) in [5.41, 5.74) is 1.34. The first-order valence-electron chi connectivity index (χ1n) is 8.74. The van der Waals surface area contributed by atoms with Crippen LogP contribution in [0.5, 0.6) is 5.75 Å². The van der Waals surface area contributed by atoms with Gasteiger partial charge in [0, 0.05) is 18.7 Å². The van der Waals surface area contributed by atoms with Crippen molar-refractivity contribution in [3.8, 4) is 5.75 Å². The van der Waals surface area contributed by atoms with Gasteiger partial charge < -0.3 is 15.0 Å². The number of hydrogen-bond donors (Lipinski definition) is 1. The first-order valence-corrected chi connectivity index (χ1v) is 9.12. The number of amides is 2. The predicted octanol–water partition coefficient (Wildman–Crippen LogP) is 4.49. The minimum Gasteiger partial charge on any atom is -0.433 e. The predicted molar refractivity (Wildman–Crippen MR) is 101 cm³/mol. The Hall–Kier alpha value is -2.67. The Morgan fingerprint density at radius 3 is 2.61 bits per heavy atom. The molecule has 2 aromatic carbocycles. The molecule has 0 spiro atoms. The van der Waals surface area contributed by atoms with Crippen LogP contribution in [0.2, 0.25) is 5.02 Å². The number of nitrogens with one attached hydrogen (secondary N) is 1. The lowest BCUT2D eigenvalue weighted by molar-refractivity contribution is -0.129. The SMILES string of the molecule is C[C@H](c1ccccc1)N1C[C@H](C(=O)Nc2ccc(OC(F)F)c(Cl)c2)CC1=O. The fourth-order valence-electron chi connectivity index (χ4n) is 3.21. The van der Waals surface area contributed by atoms with Crippen LogP contribution in [-0.4, -0.2) is 29.9 Å². The molecule has 1 aliphatic rings. The van der Waals surface area contributed by atoms with E-state index in [4.69, 9.17) is 11.6 Å². The van der Waals surface area contributed by atoms with Crippen LogP contribution in [0.3, 0.4) is 0 Å². The maximum atomic E-state index is 12.6. The molecule has 2 amide bonds. The van der Waals surface area contributed by atoms with Gasteiger partial charge in [-0.25, -0.2) is 0 Å². The summed E-state index contributed by atoms with van der Waals surface area (Å²) < 4.78 is 28.9. The van der Waals surface area contributed by atoms with Crippen molar-refractivity contribution >= 4 is 29.1 Å². The Morgan fingerprint density at radius 1 is 1.25 bits per heavy atom. The van der Waals surface area contributed by atoms with E-state index >= 15 is 0 Å². The van der Waals surface area contributed by atoms with Crippen molar-refractivity contribution in [3.05, 3.63) is 59.1 Å². The molecule has 1 saturated heterocycles. The third-order valence-electron chi connectivity index (χ3n) is 4.69. The lowest BCUT2D eigenvalue weighted by atomic mass is 10.1. The molecule has 0 bridgehead atoms. The normalized spacial score (nSPS) is 17.7. The van der Waals surface area contributed by atoms with Gasteiger partial charge in [0.1, 0.15) is 5.75 Å². The largest absolute Gasteiger partial charge is 0.433 e. The van der Waals surface area contributed by atoms with E-state index in [0.717, 1.165) is 5.56 Å². The second-order valence-electron chi connectivity index (χ2n) is 6.55. The lowest BCUT2D eigenvalue weighted by Gasteiger charge is -2.25. The molecule has 8 heteroatoms. The number of carbonyl (C=O) groups is 2. The van der Waals surface area contributed by atoms with Crippen LogP contribution in [0.1, 0.15) is 24.9 Å². The third-order valence-corrected chi connectivity index (χ3v) is 4.99. The number of anilines is 1. The minimum absolute atomic E-state index is 0.0417. The summed E-state index contributed by atoms with van der Waals surface area (Å²) in [5, 5.41) is 2.64. The quantitative estimate of drug-likeness (QED) is 0.766. The van der Waals surface area contributed by atoms with E-state index in [1.807, 2.05) is 37.3 Å². The van der Waals surface area contributed by atoms with Crippen LogP contribution in [0.25, 0.3) is 0 Å². The van der Waals surface area contributed by atoms with Gasteiger partial charge in [0.05, 0.1) is 17.0 Å². The van der Waals surface area contributed by atoms with Crippen LogP contribution >= 0.6 is 11.6 Å². The Kier molecular flexibility index (Phi) is 6.14. The lowest BCUT2D eigenvalue weighted by Crippen LogP contribution is -2.30. The highest BCUT2D eigenvalue weighted by molar-refractivity contribution is 6.32. The highest BCUT2D eigenvalue weighted by Crippen LogP contribution is 2.31. The number of halogens is 3. The highest BCUT2D eigenvalue weighted by Gasteiger charge is 2.37. The molecule has 1 N–H and O–H groups in total. The smallest absolute Gasteiger partial charge is 0.387 e. The fourth-order valence-corrected chi connectivity index (χ4v) is 3.43. The van der Waals surface area contributed by atoms with Crippen LogP contribution in [-0.2, 0) is 9.59 Å². The number of carbonyl (C=O) groups excluding carboxylic acids is 2. The molecule has 2 aromatic rings. The fraction of sp³-hybridized carbons (Fsp3) is 0.300. The average molecular weight is 409 g/mol. The number of alkyl halides is 2. The van der Waals surface area contributed by atoms with Crippen molar-refractivity contribution in [2.75, 3.05) is 11.9 Å². The van der Waals surface area contributed by atoms with Gasteiger partial charge in [0.15, 0.2) is 0 Å². The molecule has 0 aliphatic carbocycles. The van der Waals surface area contributed by atoms with Crippen molar-refractivity contribution in [3.63, 3.8) is 0 Å². The molecule has 0 radical (unpaired) electrons. The summed E-state index contributed by atoms with van der Waals surface area (Å²) >= 11 is 5.90. The monoisotopic (exact) mass is 408 g/mol. The number of likely N-dealkylation sites (tertiary alicyclic amines) is 1. The van der Waals surface area contributed by atoms with E-state index in [9.17, 15) is 18.4 Å². The molecule has 5 nitrogen and oxygen atoms in total. The van der Waals surface area contributed by atoms with Crippen molar-refractivity contribution in [2.45, 2.75) is 26.0 Å². The van der Waals surface area contributed by atoms with Gasteiger partial charge in [0.2, 0.25) is 11.8 Å². The van der Waals surface area contributed by atoms with E-state index in [2.05, 4.69) is 10.1 Å². The van der Waals surface area contributed by atoms with E-state index < -0.39 is 12.5 Å². The van der Waals surface area contributed by atoms with Crippen molar-refractivity contribution in [1.29, 1.82) is 0 Å². The van der Waals surface area contributed by atoms with Gasteiger partial charge in [-0.05, 0) is 30.7 Å². The van der Waals surface area contributed by atoms with Gasteiger partial charge in [-0.15, -0.1) is 0 Å². The molecule has 1 fully saturated rings. The summed E-state index contributed by atoms with van der Waals surface area (Å²) in [6.45, 7) is -0.754. The van der Waals surface area contributed by atoms with E-state index in [1.54, 1.807) is 4.90 Å². The highest BCUT2D eigenvalue weighted by atomic mass is 35.5. The van der Waals surface area contributed by atoms with Crippen LogP contribution in [0.4, 0.5) is 14.5 Å². The zero-order chi connectivity index (χ0) is 20.3. The number of benzene rings is 2. The Morgan fingerprint density at radius 2 is 1.96 bits per heavy atom. The molecule has 0 saturated carbocycles. The van der Waals surface area contributed by atoms with Crippen molar-refractivity contribution < 1.29 is 23.1 Å². The molecular weight excluding hydrogens is 390 g/mol. The number of hydrogen-bond acceptors (Lipinski definition) is 3. The first kappa shape index (κ1) is 20.1. The Labute approximate surface area is 166 Å². The molecule has 0 unspecified atom stereocenters. The van der Waals surface area contributed by atoms with E-state index in [1.165, 1.54) is 18.2 Å². The molecule has 1 heterocycles. The number of nitrogens with zero attached hydrogens (tertiary/aromatic N) is 1. The standard InChI is InChI=1S/C20H19ClF2N2O3/c1-12(13-5-3-2-4-6-13)25-11-14(9-18(25)26)19(27)24-15-7-8-17(16(21)10-15)28-20(22)23/h2-8,10,12,14,20H,9,11H2,1H3,(H,24,27)/t12-,14-/m1/s1. The van der Waals surface area contributed by atoms with Gasteiger partial charge in [-0.1, -0.05) is 41.9 Å². The molecule has 148 valence electrons. The van der Waals surface area contributed by atoms with Crippen LogP contribution in [0.15, 0.2) is 48.5 Å². The maximum Gasteiger partial charge on any atom is 0.387 e. The zero-order valence-corrected chi connectivity index (χ0v) is 15.8. The van der Waals surface area contributed by atoms with Crippen LogP contribution in [0, 0.1) is 5.92 Å². The number of ether oxygens (including phenoxy) is 1. The Balaban J connectivity index is 1.64. The van der Waals surface area contributed by atoms with Crippen molar-refractivity contribution in [1.82, 2.24) is 4.90 Å². The first-order chi connectivity index (χ1) is 13.3. The van der Waals surface area contributed by atoms with Gasteiger partial charge in [-0.3, -0.25) is 9.59 Å². The molecule has 0 aromatic heterocycles. The summed E-state index contributed by atoms with van der Waals surface area (Å²) in [4.78, 5) is 26.6. The molecule has 2 atom stereocenters. The second-order valence-corrected chi connectivity index (χ2v) is 6.95. The maximum absolute atomic E-state index is 12.6. The van der Waals surface area contributed by atoms with Gasteiger partial charge in [-0.2, -0.15) is 8.78 Å². The summed E-state index contributed by atoms with van der Waals surface area (Å²) in [6, 6.07) is 13.5. The minimum atomic E-state index is -2.99. The molecule has 3 rings (SSSR count). The topological polar surface area (TPSA) is 58.6 Å². The van der Waals surface area contributed by atoms with E-state index in [0.29, 0.717) is 12.2 Å². The molecular formula is C20H19ClF2N2O3. The van der Waals surface area contributed by atoms with Gasteiger partial charge in [0.25, 0.3) is 0 Å². The summed E-state index contributed by atoms with van der Waals surface area (Å²) in [7, 11) is 0. The van der Waals surface area contributed by atoms with Gasteiger partial charge >= 0.3 is 6.61 Å².